The summed E-state index contributed by atoms with van der Waals surface area (Å²) in [7, 11) is -3.95. The van der Waals surface area contributed by atoms with E-state index in [2.05, 4.69) is 10.0 Å². The first-order chi connectivity index (χ1) is 14.4. The van der Waals surface area contributed by atoms with Crippen LogP contribution >= 0.6 is 23.4 Å². The van der Waals surface area contributed by atoms with E-state index in [0.717, 1.165) is 17.1 Å². The molecule has 9 heteroatoms. The number of hydrogen-bond donors (Lipinski definition) is 2. The Morgan fingerprint density at radius 1 is 1.13 bits per heavy atom. The third-order valence-corrected chi connectivity index (χ3v) is 7.06. The maximum absolute atomic E-state index is 12.8. The number of furan rings is 1. The second-order valence-electron chi connectivity index (χ2n) is 6.45. The SMILES string of the molecule is Cc1ccccc1NS(=O)(=O)c1cc(C(=O)NCCSCc2ccco2)ccc1Cl. The van der Waals surface area contributed by atoms with E-state index in [1.807, 2.05) is 18.2 Å². The van der Waals surface area contributed by atoms with Crippen LogP contribution in [0.4, 0.5) is 5.69 Å². The van der Waals surface area contributed by atoms with E-state index in [1.165, 1.54) is 18.2 Å². The van der Waals surface area contributed by atoms with Crippen molar-refractivity contribution in [3.05, 3.63) is 82.8 Å². The summed E-state index contributed by atoms with van der Waals surface area (Å²) in [5, 5.41) is 2.83. The minimum absolute atomic E-state index is 0.0432. The first-order valence-electron chi connectivity index (χ1n) is 9.13. The van der Waals surface area contributed by atoms with Gasteiger partial charge in [-0.3, -0.25) is 9.52 Å². The van der Waals surface area contributed by atoms with Gasteiger partial charge in [0, 0.05) is 17.9 Å². The van der Waals surface area contributed by atoms with Crippen molar-refractivity contribution >= 4 is 45.0 Å². The molecule has 3 aromatic rings. The minimum atomic E-state index is -3.95. The molecule has 0 fully saturated rings. The summed E-state index contributed by atoms with van der Waals surface area (Å²) < 4.78 is 33.4. The zero-order valence-corrected chi connectivity index (χ0v) is 18.6. The molecule has 2 N–H and O–H groups in total. The van der Waals surface area contributed by atoms with Crippen LogP contribution in [0.1, 0.15) is 21.7 Å². The number of sulfonamides is 1. The van der Waals surface area contributed by atoms with Crippen molar-refractivity contribution in [2.75, 3.05) is 17.0 Å². The first kappa shape index (κ1) is 22.3. The normalized spacial score (nSPS) is 11.3. The standard InChI is InChI=1S/C21H21ClN2O4S2/c1-15-5-2-3-7-19(15)24-30(26,27)20-13-16(8-9-18(20)22)21(25)23-10-12-29-14-17-6-4-11-28-17/h2-9,11,13,24H,10,12,14H2,1H3,(H,23,25). The molecule has 1 amide bonds. The fourth-order valence-corrected chi connectivity index (χ4v) is 5.06. The number of aryl methyl sites for hydroxylation is 1. The van der Waals surface area contributed by atoms with E-state index in [0.29, 0.717) is 18.0 Å². The lowest BCUT2D eigenvalue weighted by Gasteiger charge is -2.13. The Hall–Kier alpha value is -2.42. The average Bonchev–Trinajstić information content (AvgIpc) is 3.23. The van der Waals surface area contributed by atoms with Gasteiger partial charge in [0.2, 0.25) is 0 Å². The molecule has 2 aromatic carbocycles. The smallest absolute Gasteiger partial charge is 0.263 e. The van der Waals surface area contributed by atoms with E-state index >= 15 is 0 Å². The van der Waals surface area contributed by atoms with Crippen molar-refractivity contribution < 1.29 is 17.6 Å². The number of nitrogens with one attached hydrogen (secondary N) is 2. The predicted octanol–water partition coefficient (Wildman–Crippen LogP) is 4.71. The van der Waals surface area contributed by atoms with E-state index in [9.17, 15) is 13.2 Å². The van der Waals surface area contributed by atoms with Crippen molar-refractivity contribution in [1.29, 1.82) is 0 Å². The Kier molecular flexibility index (Phi) is 7.47. The monoisotopic (exact) mass is 464 g/mol. The summed E-state index contributed by atoms with van der Waals surface area (Å²) >= 11 is 7.75. The first-order valence-corrected chi connectivity index (χ1v) is 12.1. The van der Waals surface area contributed by atoms with Gasteiger partial charge in [-0.2, -0.15) is 11.8 Å². The highest BCUT2D eigenvalue weighted by Crippen LogP contribution is 2.26. The van der Waals surface area contributed by atoms with Gasteiger partial charge in [0.15, 0.2) is 0 Å². The third kappa shape index (κ3) is 5.81. The van der Waals surface area contributed by atoms with E-state index in [1.54, 1.807) is 43.1 Å². The summed E-state index contributed by atoms with van der Waals surface area (Å²) in [6, 6.07) is 14.9. The molecule has 0 bridgehead atoms. The van der Waals surface area contributed by atoms with Crippen molar-refractivity contribution in [3.63, 3.8) is 0 Å². The van der Waals surface area contributed by atoms with Gasteiger partial charge >= 0.3 is 0 Å². The number of benzene rings is 2. The van der Waals surface area contributed by atoms with E-state index in [4.69, 9.17) is 16.0 Å². The summed E-state index contributed by atoms with van der Waals surface area (Å²) in [6.07, 6.45) is 1.62. The predicted molar refractivity (Wildman–Crippen MR) is 121 cm³/mol. The van der Waals surface area contributed by atoms with Gasteiger partial charge in [-0.15, -0.1) is 0 Å². The topological polar surface area (TPSA) is 88.4 Å². The number of carbonyl (C=O) groups excluding carboxylic acids is 1. The molecule has 0 saturated heterocycles. The minimum Gasteiger partial charge on any atom is -0.468 e. The van der Waals surface area contributed by atoms with Gasteiger partial charge in [-0.1, -0.05) is 29.8 Å². The maximum atomic E-state index is 12.8. The van der Waals surface area contributed by atoms with Gasteiger partial charge in [-0.25, -0.2) is 8.42 Å². The molecule has 0 aliphatic rings. The molecule has 0 spiro atoms. The molecule has 0 aliphatic heterocycles. The van der Waals surface area contributed by atoms with Gasteiger partial charge < -0.3 is 9.73 Å². The molecule has 6 nitrogen and oxygen atoms in total. The quantitative estimate of drug-likeness (QED) is 0.448. The molecule has 0 radical (unpaired) electrons. The molecule has 0 aliphatic carbocycles. The van der Waals surface area contributed by atoms with Gasteiger partial charge in [0.25, 0.3) is 15.9 Å². The number of halogens is 1. The lowest BCUT2D eigenvalue weighted by atomic mass is 10.2. The van der Waals surface area contributed by atoms with Crippen molar-refractivity contribution in [1.82, 2.24) is 5.32 Å². The Morgan fingerprint density at radius 3 is 2.67 bits per heavy atom. The average molecular weight is 465 g/mol. The summed E-state index contributed by atoms with van der Waals surface area (Å²) in [5.41, 5.74) is 1.45. The molecule has 0 unspecified atom stereocenters. The molecule has 3 rings (SSSR count). The van der Waals surface area contributed by atoms with Crippen LogP contribution in [-0.2, 0) is 15.8 Å². The van der Waals surface area contributed by atoms with Crippen LogP contribution in [0.2, 0.25) is 5.02 Å². The van der Waals surface area contributed by atoms with Gasteiger partial charge in [0.05, 0.1) is 22.7 Å². The van der Waals surface area contributed by atoms with Crippen LogP contribution in [0.15, 0.2) is 70.2 Å². The highest BCUT2D eigenvalue weighted by molar-refractivity contribution is 7.98. The highest BCUT2D eigenvalue weighted by Gasteiger charge is 2.21. The van der Waals surface area contributed by atoms with Crippen LogP contribution in [0.3, 0.4) is 0 Å². The zero-order chi connectivity index (χ0) is 21.6. The molecular formula is C21H21ClN2O4S2. The fraction of sp³-hybridized carbons (Fsp3) is 0.190. The van der Waals surface area contributed by atoms with Crippen molar-refractivity contribution in [2.45, 2.75) is 17.6 Å². The maximum Gasteiger partial charge on any atom is 0.263 e. The summed E-state index contributed by atoms with van der Waals surface area (Å²) in [4.78, 5) is 12.3. The highest BCUT2D eigenvalue weighted by atomic mass is 35.5. The second kappa shape index (κ2) is 10.1. The number of anilines is 1. The Labute approximate surface area is 185 Å². The van der Waals surface area contributed by atoms with Crippen LogP contribution in [-0.4, -0.2) is 26.6 Å². The summed E-state index contributed by atoms with van der Waals surface area (Å²) in [6.45, 7) is 2.24. The lowest BCUT2D eigenvalue weighted by molar-refractivity contribution is 0.0956. The molecule has 0 saturated carbocycles. The van der Waals surface area contributed by atoms with Crippen molar-refractivity contribution in [2.24, 2.45) is 0 Å². The number of hydrogen-bond acceptors (Lipinski definition) is 5. The lowest BCUT2D eigenvalue weighted by Crippen LogP contribution is -2.26. The van der Waals surface area contributed by atoms with Crippen LogP contribution < -0.4 is 10.0 Å². The Balaban J connectivity index is 1.63. The zero-order valence-electron chi connectivity index (χ0n) is 16.2. The van der Waals surface area contributed by atoms with E-state index in [-0.39, 0.29) is 21.4 Å². The Morgan fingerprint density at radius 2 is 1.93 bits per heavy atom. The van der Waals surface area contributed by atoms with Crippen LogP contribution in [0.5, 0.6) is 0 Å². The molecule has 0 atom stereocenters. The van der Waals surface area contributed by atoms with Gasteiger partial charge in [-0.05, 0) is 48.9 Å². The fourth-order valence-electron chi connectivity index (χ4n) is 2.64. The number of carbonyl (C=O) groups is 1. The van der Waals surface area contributed by atoms with E-state index < -0.39 is 10.0 Å². The molecular weight excluding hydrogens is 444 g/mol. The number of rotatable bonds is 9. The molecule has 158 valence electrons. The molecule has 1 heterocycles. The molecule has 1 aromatic heterocycles. The number of thioether (sulfide) groups is 1. The van der Waals surface area contributed by atoms with Crippen LogP contribution in [0, 0.1) is 6.92 Å². The number of para-hydroxylation sites is 1. The summed E-state index contributed by atoms with van der Waals surface area (Å²) in [5.74, 6) is 1.93. The van der Waals surface area contributed by atoms with Crippen LogP contribution in [0.25, 0.3) is 0 Å². The second-order valence-corrected chi connectivity index (χ2v) is 9.62. The van der Waals surface area contributed by atoms with Gasteiger partial charge in [0.1, 0.15) is 10.7 Å². The van der Waals surface area contributed by atoms with Crippen molar-refractivity contribution in [3.8, 4) is 0 Å². The molecule has 30 heavy (non-hydrogen) atoms. The third-order valence-electron chi connectivity index (χ3n) is 4.23. The number of amides is 1. The largest absolute Gasteiger partial charge is 0.468 e. The Bertz CT molecular complexity index is 1120.